The third-order valence-electron chi connectivity index (χ3n) is 3.73. The highest BCUT2D eigenvalue weighted by molar-refractivity contribution is 9.10. The molecule has 0 saturated heterocycles. The summed E-state index contributed by atoms with van der Waals surface area (Å²) < 4.78 is 24.4. The van der Waals surface area contributed by atoms with Gasteiger partial charge in [0.05, 0.1) is 5.25 Å². The van der Waals surface area contributed by atoms with Crippen molar-refractivity contribution in [3.63, 3.8) is 0 Å². The van der Waals surface area contributed by atoms with E-state index in [1.807, 2.05) is 11.4 Å². The van der Waals surface area contributed by atoms with Crippen LogP contribution in [0.3, 0.4) is 0 Å². The molecule has 3 unspecified atom stereocenters. The maximum atomic E-state index is 11.7. The van der Waals surface area contributed by atoms with E-state index < -0.39 is 9.84 Å². The van der Waals surface area contributed by atoms with E-state index in [-0.39, 0.29) is 17.2 Å². The van der Waals surface area contributed by atoms with Gasteiger partial charge < -0.3 is 5.73 Å². The standard InChI is InChI=1S/C12H18BrNO2S2/c1-18(15,16)9-4-2-3-8(7-9)11(14)12-10(13)5-6-17-12/h5-6,8-9,11H,2-4,7,14H2,1H3. The highest BCUT2D eigenvalue weighted by Gasteiger charge is 2.33. The number of hydrogen-bond acceptors (Lipinski definition) is 4. The SMILES string of the molecule is CS(=O)(=O)C1CCCC(C(N)c2sccc2Br)C1. The average molecular weight is 352 g/mol. The van der Waals surface area contributed by atoms with Gasteiger partial charge in [-0.25, -0.2) is 8.42 Å². The Kier molecular flexibility index (Phi) is 4.52. The summed E-state index contributed by atoms with van der Waals surface area (Å²) in [5.74, 6) is 0.272. The molecule has 0 aromatic carbocycles. The zero-order valence-electron chi connectivity index (χ0n) is 10.3. The molecule has 1 aliphatic carbocycles. The first-order chi connectivity index (χ1) is 8.39. The molecule has 1 aromatic rings. The van der Waals surface area contributed by atoms with Crippen molar-refractivity contribution in [1.29, 1.82) is 0 Å². The summed E-state index contributed by atoms with van der Waals surface area (Å²) in [6.45, 7) is 0. The maximum Gasteiger partial charge on any atom is 0.150 e. The fourth-order valence-electron chi connectivity index (χ4n) is 2.65. The Morgan fingerprint density at radius 2 is 2.22 bits per heavy atom. The molecule has 0 bridgehead atoms. The first kappa shape index (κ1) is 14.5. The Bertz CT molecular complexity index is 512. The lowest BCUT2D eigenvalue weighted by Crippen LogP contribution is -2.32. The van der Waals surface area contributed by atoms with Crippen molar-refractivity contribution in [3.8, 4) is 0 Å². The van der Waals surface area contributed by atoms with Crippen molar-refractivity contribution in [2.45, 2.75) is 37.0 Å². The van der Waals surface area contributed by atoms with Crippen LogP contribution < -0.4 is 5.73 Å². The Hall–Kier alpha value is 0.0900. The van der Waals surface area contributed by atoms with Gasteiger partial charge in [0.25, 0.3) is 0 Å². The third-order valence-corrected chi connectivity index (χ3v) is 7.34. The van der Waals surface area contributed by atoms with Crippen LogP contribution in [0, 0.1) is 5.92 Å². The van der Waals surface area contributed by atoms with Gasteiger partial charge in [0.1, 0.15) is 9.84 Å². The molecule has 6 heteroatoms. The first-order valence-corrected chi connectivity index (χ1v) is 9.69. The van der Waals surface area contributed by atoms with Crippen molar-refractivity contribution < 1.29 is 8.42 Å². The fraction of sp³-hybridized carbons (Fsp3) is 0.667. The fourth-order valence-corrected chi connectivity index (χ4v) is 5.58. The lowest BCUT2D eigenvalue weighted by atomic mass is 9.83. The number of thiophene rings is 1. The van der Waals surface area contributed by atoms with Crippen LogP contribution in [0.15, 0.2) is 15.9 Å². The van der Waals surface area contributed by atoms with E-state index in [0.717, 1.165) is 28.6 Å². The van der Waals surface area contributed by atoms with E-state index >= 15 is 0 Å². The smallest absolute Gasteiger partial charge is 0.150 e. The molecule has 2 N–H and O–H groups in total. The van der Waals surface area contributed by atoms with E-state index in [1.54, 1.807) is 11.3 Å². The summed E-state index contributed by atoms with van der Waals surface area (Å²) in [6.07, 6.45) is 4.81. The Labute approximate surface area is 121 Å². The highest BCUT2D eigenvalue weighted by atomic mass is 79.9. The van der Waals surface area contributed by atoms with Crippen LogP contribution in [0.5, 0.6) is 0 Å². The van der Waals surface area contributed by atoms with Crippen LogP contribution in [0.25, 0.3) is 0 Å². The number of rotatable bonds is 3. The molecule has 1 aromatic heterocycles. The molecule has 102 valence electrons. The van der Waals surface area contributed by atoms with Crippen LogP contribution in [-0.2, 0) is 9.84 Å². The van der Waals surface area contributed by atoms with Crippen LogP contribution in [0.4, 0.5) is 0 Å². The molecule has 1 saturated carbocycles. The quantitative estimate of drug-likeness (QED) is 0.909. The molecule has 0 aliphatic heterocycles. The Morgan fingerprint density at radius 1 is 1.50 bits per heavy atom. The predicted octanol–water partition coefficient (Wildman–Crippen LogP) is 3.11. The van der Waals surface area contributed by atoms with Crippen molar-refractivity contribution in [1.82, 2.24) is 0 Å². The minimum Gasteiger partial charge on any atom is -0.323 e. The molecule has 1 fully saturated rings. The van der Waals surface area contributed by atoms with Crippen LogP contribution in [0.1, 0.15) is 36.6 Å². The number of sulfone groups is 1. The molecule has 18 heavy (non-hydrogen) atoms. The van der Waals surface area contributed by atoms with Gasteiger partial charge in [-0.05, 0) is 52.6 Å². The van der Waals surface area contributed by atoms with Gasteiger partial charge in [0, 0.05) is 21.6 Å². The van der Waals surface area contributed by atoms with E-state index in [2.05, 4.69) is 15.9 Å². The van der Waals surface area contributed by atoms with Gasteiger partial charge in [0.15, 0.2) is 0 Å². The van der Waals surface area contributed by atoms with Crippen molar-refractivity contribution in [2.24, 2.45) is 11.7 Å². The van der Waals surface area contributed by atoms with E-state index in [0.29, 0.717) is 6.42 Å². The average Bonchev–Trinajstić information content (AvgIpc) is 2.73. The molecule has 2 rings (SSSR count). The second kappa shape index (κ2) is 5.61. The number of hydrogen-bond donors (Lipinski definition) is 1. The zero-order valence-corrected chi connectivity index (χ0v) is 13.5. The van der Waals surface area contributed by atoms with Gasteiger partial charge >= 0.3 is 0 Å². The summed E-state index contributed by atoms with van der Waals surface area (Å²) in [5.41, 5.74) is 6.31. The summed E-state index contributed by atoms with van der Waals surface area (Å²) >= 11 is 5.14. The van der Waals surface area contributed by atoms with Gasteiger partial charge in [-0.15, -0.1) is 11.3 Å². The number of nitrogens with two attached hydrogens (primary N) is 1. The van der Waals surface area contributed by atoms with E-state index in [9.17, 15) is 8.42 Å². The minimum atomic E-state index is -2.94. The van der Waals surface area contributed by atoms with Gasteiger partial charge in [-0.3, -0.25) is 0 Å². The van der Waals surface area contributed by atoms with Crippen molar-refractivity contribution in [2.75, 3.05) is 6.26 Å². The monoisotopic (exact) mass is 351 g/mol. The van der Waals surface area contributed by atoms with Crippen LogP contribution >= 0.6 is 27.3 Å². The topological polar surface area (TPSA) is 60.2 Å². The normalized spacial score (nSPS) is 27.1. The maximum absolute atomic E-state index is 11.7. The highest BCUT2D eigenvalue weighted by Crippen LogP contribution is 2.39. The largest absolute Gasteiger partial charge is 0.323 e. The molecular formula is C12H18BrNO2S2. The van der Waals surface area contributed by atoms with E-state index in [4.69, 9.17) is 5.73 Å². The number of halogens is 1. The molecule has 0 amide bonds. The van der Waals surface area contributed by atoms with E-state index in [1.165, 1.54) is 6.26 Å². The predicted molar refractivity (Wildman–Crippen MR) is 79.5 cm³/mol. The molecule has 0 radical (unpaired) electrons. The van der Waals surface area contributed by atoms with Gasteiger partial charge in [-0.1, -0.05) is 6.42 Å². The Morgan fingerprint density at radius 3 is 2.78 bits per heavy atom. The Balaban J connectivity index is 2.12. The summed E-state index contributed by atoms with van der Waals surface area (Å²) in [4.78, 5) is 1.13. The molecule has 3 nitrogen and oxygen atoms in total. The molecule has 1 heterocycles. The summed E-state index contributed by atoms with van der Waals surface area (Å²) in [6, 6.07) is 1.94. The summed E-state index contributed by atoms with van der Waals surface area (Å²) in [5, 5.41) is 1.80. The second-order valence-electron chi connectivity index (χ2n) is 5.04. The molecule has 3 atom stereocenters. The lowest BCUT2D eigenvalue weighted by molar-refractivity contribution is 0.311. The molecule has 0 spiro atoms. The van der Waals surface area contributed by atoms with Gasteiger partial charge in [0.2, 0.25) is 0 Å². The molecular weight excluding hydrogens is 334 g/mol. The first-order valence-electron chi connectivity index (χ1n) is 6.07. The van der Waals surface area contributed by atoms with Crippen LogP contribution in [-0.4, -0.2) is 19.9 Å². The van der Waals surface area contributed by atoms with Crippen molar-refractivity contribution >= 4 is 37.1 Å². The zero-order chi connectivity index (χ0) is 13.3. The van der Waals surface area contributed by atoms with Gasteiger partial charge in [-0.2, -0.15) is 0 Å². The van der Waals surface area contributed by atoms with Crippen LogP contribution in [0.2, 0.25) is 0 Å². The summed E-state index contributed by atoms with van der Waals surface area (Å²) in [7, 11) is -2.94. The lowest BCUT2D eigenvalue weighted by Gasteiger charge is -2.31. The van der Waals surface area contributed by atoms with Crippen molar-refractivity contribution in [3.05, 3.63) is 20.8 Å². The third kappa shape index (κ3) is 3.15. The molecule has 1 aliphatic rings. The minimum absolute atomic E-state index is 0.0519. The second-order valence-corrected chi connectivity index (χ2v) is 9.16.